The summed E-state index contributed by atoms with van der Waals surface area (Å²) in [7, 11) is 1.40. The number of hydrogen-bond donors (Lipinski definition) is 0. The molecule has 0 aliphatic heterocycles. The van der Waals surface area contributed by atoms with Crippen LogP contribution in [0.25, 0.3) is 11.4 Å². The van der Waals surface area contributed by atoms with Gasteiger partial charge in [-0.05, 0) is 37.1 Å². The second kappa shape index (κ2) is 10.6. The molecule has 2 aromatic carbocycles. The van der Waals surface area contributed by atoms with E-state index in [1.165, 1.54) is 18.7 Å². The number of aryl methyl sites for hydroxylation is 2. The van der Waals surface area contributed by atoms with Crippen molar-refractivity contribution in [1.29, 1.82) is 0 Å². The zero-order valence-corrected chi connectivity index (χ0v) is 17.3. The highest BCUT2D eigenvalue weighted by molar-refractivity contribution is 5.69. The molecule has 0 saturated carbocycles. The largest absolute Gasteiger partial charge is 0.469 e. The zero-order chi connectivity index (χ0) is 21.3. The Morgan fingerprint density at radius 1 is 1.17 bits per heavy atom. The summed E-state index contributed by atoms with van der Waals surface area (Å²) in [6.45, 7) is 3.83. The third-order valence-corrected chi connectivity index (χ3v) is 4.87. The van der Waals surface area contributed by atoms with Gasteiger partial charge in [-0.25, -0.2) is 4.39 Å². The maximum Gasteiger partial charge on any atom is 0.306 e. The molecule has 1 heterocycles. The van der Waals surface area contributed by atoms with E-state index in [0.29, 0.717) is 42.2 Å². The van der Waals surface area contributed by atoms with Crippen molar-refractivity contribution < 1.29 is 18.4 Å². The molecule has 0 radical (unpaired) electrons. The van der Waals surface area contributed by atoms with Crippen molar-refractivity contribution in [1.82, 2.24) is 15.0 Å². The maximum absolute atomic E-state index is 13.8. The summed E-state index contributed by atoms with van der Waals surface area (Å²) in [5.41, 5.74) is 2.36. The van der Waals surface area contributed by atoms with Crippen molar-refractivity contribution in [3.05, 3.63) is 71.4 Å². The lowest BCUT2D eigenvalue weighted by Gasteiger charge is -2.21. The first-order valence-corrected chi connectivity index (χ1v) is 9.97. The molecule has 0 bridgehead atoms. The molecule has 3 aromatic rings. The zero-order valence-electron chi connectivity index (χ0n) is 17.3. The highest BCUT2D eigenvalue weighted by Gasteiger charge is 2.13. The molecule has 0 aliphatic carbocycles. The summed E-state index contributed by atoms with van der Waals surface area (Å²) in [5.74, 6) is 0.385. The number of benzene rings is 2. The van der Waals surface area contributed by atoms with E-state index in [1.54, 1.807) is 19.1 Å². The SMILES string of the molecule is COC(=O)CCN(CCCc1nc(-c2ccc(C)c(F)c2)no1)Cc1ccccc1. The number of ether oxygens (including phenoxy) is 1. The minimum Gasteiger partial charge on any atom is -0.469 e. The van der Waals surface area contributed by atoms with Crippen LogP contribution in [0.1, 0.15) is 29.9 Å². The monoisotopic (exact) mass is 411 g/mol. The Hall–Kier alpha value is -3.06. The lowest BCUT2D eigenvalue weighted by atomic mass is 10.1. The van der Waals surface area contributed by atoms with E-state index in [9.17, 15) is 9.18 Å². The molecule has 6 nitrogen and oxygen atoms in total. The molecule has 0 unspecified atom stereocenters. The van der Waals surface area contributed by atoms with Crippen LogP contribution < -0.4 is 0 Å². The first kappa shape index (κ1) is 21.6. The molecule has 3 rings (SSSR count). The number of esters is 1. The summed E-state index contributed by atoms with van der Waals surface area (Å²) in [6, 6.07) is 15.0. The number of hydrogen-bond acceptors (Lipinski definition) is 6. The molecule has 0 saturated heterocycles. The van der Waals surface area contributed by atoms with Crippen molar-refractivity contribution >= 4 is 5.97 Å². The quantitative estimate of drug-likeness (QED) is 0.466. The third-order valence-electron chi connectivity index (χ3n) is 4.87. The number of carbonyl (C=O) groups excluding carboxylic acids is 1. The average molecular weight is 411 g/mol. The third kappa shape index (κ3) is 6.22. The minimum absolute atomic E-state index is 0.222. The number of rotatable bonds is 10. The van der Waals surface area contributed by atoms with Crippen LogP contribution in [0.2, 0.25) is 0 Å². The highest BCUT2D eigenvalue weighted by Crippen LogP contribution is 2.19. The van der Waals surface area contributed by atoms with Crippen molar-refractivity contribution in [2.45, 2.75) is 32.7 Å². The minimum atomic E-state index is -0.291. The fraction of sp³-hybridized carbons (Fsp3) is 0.348. The van der Waals surface area contributed by atoms with Crippen LogP contribution in [-0.4, -0.2) is 41.2 Å². The predicted octanol–water partition coefficient (Wildman–Crippen LogP) is 4.18. The molecule has 0 spiro atoms. The Morgan fingerprint density at radius 3 is 2.70 bits per heavy atom. The first-order chi connectivity index (χ1) is 14.5. The van der Waals surface area contributed by atoms with Gasteiger partial charge in [-0.15, -0.1) is 0 Å². The summed E-state index contributed by atoms with van der Waals surface area (Å²) >= 11 is 0. The van der Waals surface area contributed by atoms with Gasteiger partial charge in [0.1, 0.15) is 5.82 Å². The van der Waals surface area contributed by atoms with Crippen LogP contribution in [0.15, 0.2) is 53.1 Å². The van der Waals surface area contributed by atoms with Gasteiger partial charge in [-0.3, -0.25) is 9.69 Å². The molecule has 0 fully saturated rings. The van der Waals surface area contributed by atoms with Gasteiger partial charge in [-0.2, -0.15) is 4.98 Å². The molecule has 30 heavy (non-hydrogen) atoms. The number of methoxy groups -OCH3 is 1. The summed E-state index contributed by atoms with van der Waals surface area (Å²) in [5, 5.41) is 3.97. The molecule has 0 N–H and O–H groups in total. The lowest BCUT2D eigenvalue weighted by Crippen LogP contribution is -2.27. The molecule has 0 atom stereocenters. The van der Waals surface area contributed by atoms with E-state index in [2.05, 4.69) is 27.2 Å². The van der Waals surface area contributed by atoms with E-state index >= 15 is 0 Å². The van der Waals surface area contributed by atoms with E-state index in [1.807, 2.05) is 18.2 Å². The molecule has 158 valence electrons. The van der Waals surface area contributed by atoms with Crippen molar-refractivity contribution in [2.24, 2.45) is 0 Å². The van der Waals surface area contributed by atoms with Crippen LogP contribution >= 0.6 is 0 Å². The second-order valence-electron chi connectivity index (χ2n) is 7.17. The molecular formula is C23H26FN3O3. The summed E-state index contributed by atoms with van der Waals surface area (Å²) in [6.07, 6.45) is 1.73. The van der Waals surface area contributed by atoms with E-state index < -0.39 is 0 Å². The van der Waals surface area contributed by atoms with Crippen LogP contribution in [0.5, 0.6) is 0 Å². The number of aromatic nitrogens is 2. The standard InChI is InChI=1S/C23H26FN3O3/c1-17-10-11-19(15-20(17)24)23-25-21(30-26-23)9-6-13-27(14-12-22(28)29-2)16-18-7-4-3-5-8-18/h3-5,7-8,10-11,15H,6,9,12-14,16H2,1-2H3. The van der Waals surface area contributed by atoms with Crippen molar-refractivity contribution in [2.75, 3.05) is 20.2 Å². The van der Waals surface area contributed by atoms with Crippen LogP contribution in [0, 0.1) is 12.7 Å². The Kier molecular flexibility index (Phi) is 7.68. The molecule has 7 heteroatoms. The van der Waals surface area contributed by atoms with Gasteiger partial charge in [0.2, 0.25) is 11.7 Å². The first-order valence-electron chi connectivity index (χ1n) is 9.97. The van der Waals surface area contributed by atoms with Gasteiger partial charge in [-0.1, -0.05) is 47.6 Å². The summed E-state index contributed by atoms with van der Waals surface area (Å²) in [4.78, 5) is 18.1. The van der Waals surface area contributed by atoms with Crippen molar-refractivity contribution in [3.8, 4) is 11.4 Å². The van der Waals surface area contributed by atoms with E-state index in [0.717, 1.165) is 19.5 Å². The smallest absolute Gasteiger partial charge is 0.306 e. The van der Waals surface area contributed by atoms with Crippen LogP contribution in [0.4, 0.5) is 4.39 Å². The molecule has 0 aliphatic rings. The van der Waals surface area contributed by atoms with Crippen LogP contribution in [-0.2, 0) is 22.5 Å². The van der Waals surface area contributed by atoms with Gasteiger partial charge in [0.25, 0.3) is 0 Å². The summed E-state index contributed by atoms with van der Waals surface area (Å²) < 4.78 is 23.9. The fourth-order valence-corrected chi connectivity index (χ4v) is 3.12. The van der Waals surface area contributed by atoms with Gasteiger partial charge in [0.05, 0.1) is 13.5 Å². The number of halogens is 1. The topological polar surface area (TPSA) is 68.5 Å². The number of carbonyl (C=O) groups is 1. The fourth-order valence-electron chi connectivity index (χ4n) is 3.12. The normalized spacial score (nSPS) is 11.1. The van der Waals surface area contributed by atoms with E-state index in [4.69, 9.17) is 9.26 Å². The van der Waals surface area contributed by atoms with E-state index in [-0.39, 0.29) is 11.8 Å². The molecular weight excluding hydrogens is 385 g/mol. The maximum atomic E-state index is 13.8. The lowest BCUT2D eigenvalue weighted by molar-refractivity contribution is -0.141. The second-order valence-corrected chi connectivity index (χ2v) is 7.17. The molecule has 0 amide bonds. The van der Waals surface area contributed by atoms with Gasteiger partial charge >= 0.3 is 5.97 Å². The number of nitrogens with zero attached hydrogens (tertiary/aromatic N) is 3. The van der Waals surface area contributed by atoms with Gasteiger partial charge in [0.15, 0.2) is 0 Å². The Balaban J connectivity index is 1.56. The Morgan fingerprint density at radius 2 is 1.97 bits per heavy atom. The van der Waals surface area contributed by atoms with Gasteiger partial charge < -0.3 is 9.26 Å². The van der Waals surface area contributed by atoms with Gasteiger partial charge in [0, 0.05) is 25.1 Å². The highest BCUT2D eigenvalue weighted by atomic mass is 19.1. The average Bonchev–Trinajstić information content (AvgIpc) is 3.23. The Labute approximate surface area is 175 Å². The van der Waals surface area contributed by atoms with Crippen molar-refractivity contribution in [3.63, 3.8) is 0 Å². The van der Waals surface area contributed by atoms with Crippen LogP contribution in [0.3, 0.4) is 0 Å². The predicted molar refractivity (Wildman–Crippen MR) is 111 cm³/mol. The Bertz CT molecular complexity index is 959. The molecule has 1 aromatic heterocycles.